The van der Waals surface area contributed by atoms with Crippen molar-refractivity contribution < 1.29 is 27.8 Å². The van der Waals surface area contributed by atoms with Crippen molar-refractivity contribution in [3.63, 3.8) is 0 Å². The number of amides is 1. The fourth-order valence-electron chi connectivity index (χ4n) is 5.59. The Morgan fingerprint density at radius 1 is 1.16 bits per heavy atom. The van der Waals surface area contributed by atoms with E-state index in [2.05, 4.69) is 60.2 Å². The number of hydrogen-bond donors (Lipinski definition) is 1. The summed E-state index contributed by atoms with van der Waals surface area (Å²) in [5.41, 5.74) is 0.464. The van der Waals surface area contributed by atoms with Gasteiger partial charge in [-0.15, -0.1) is 0 Å². The average Bonchev–Trinajstić information content (AvgIpc) is 3.34. The molecule has 0 bridgehead atoms. The average molecular weight is 725 g/mol. The number of pyridine rings is 1. The first-order valence-corrected chi connectivity index (χ1v) is 20.0. The lowest BCUT2D eigenvalue weighted by atomic mass is 9.83. The fraction of sp³-hybridized carbons (Fsp3) is 0.528. The van der Waals surface area contributed by atoms with Crippen molar-refractivity contribution >= 4 is 43.3 Å². The molecule has 0 spiro atoms. The molecule has 2 aromatic heterocycles. The van der Waals surface area contributed by atoms with Crippen molar-refractivity contribution in [2.45, 2.75) is 96.6 Å². The van der Waals surface area contributed by atoms with Crippen LogP contribution in [-0.4, -0.2) is 67.4 Å². The number of anilines is 3. The second-order valence-electron chi connectivity index (χ2n) is 15.7. The number of nitrogens with zero attached hydrogens (tertiary/aromatic N) is 5. The van der Waals surface area contributed by atoms with E-state index in [4.69, 9.17) is 30.2 Å². The number of carbonyl (C=O) groups excluding carboxylic acids is 1. The van der Waals surface area contributed by atoms with Crippen molar-refractivity contribution in [2.24, 2.45) is 0 Å². The van der Waals surface area contributed by atoms with Gasteiger partial charge < -0.3 is 24.0 Å². The van der Waals surface area contributed by atoms with Crippen LogP contribution in [0, 0.1) is 17.1 Å². The van der Waals surface area contributed by atoms with E-state index in [1.807, 2.05) is 6.92 Å². The van der Waals surface area contributed by atoms with Crippen LogP contribution in [0.4, 0.5) is 26.5 Å². The fourth-order valence-corrected chi connectivity index (χ4v) is 6.86. The van der Waals surface area contributed by atoms with Crippen LogP contribution in [0.2, 0.25) is 23.2 Å². The van der Waals surface area contributed by atoms with Crippen LogP contribution in [0.5, 0.6) is 5.88 Å². The van der Waals surface area contributed by atoms with Gasteiger partial charge in [-0.05, 0) is 62.7 Å². The Hall–Kier alpha value is -3.83. The molecule has 3 aromatic rings. The number of hydrogen-bond acceptors (Lipinski definition) is 10. The van der Waals surface area contributed by atoms with Gasteiger partial charge in [0.15, 0.2) is 14.1 Å². The summed E-state index contributed by atoms with van der Waals surface area (Å²) in [4.78, 5) is 28.2. The van der Waals surface area contributed by atoms with Crippen molar-refractivity contribution in [2.75, 3.05) is 36.6 Å². The molecule has 268 valence electrons. The SMILES string of the molecule is CC(C)(C)OC(=O)N1CC(C)(CO[Si](C)(C)C(C)(C)C)c2cc(-c3nc(Nc4cc(Cl)cnc4OC4CCOCC4)ncc3F)cc(C#N)c21. The topological polar surface area (TPSA) is 132 Å². The highest BCUT2D eigenvalue weighted by Crippen LogP contribution is 2.47. The lowest BCUT2D eigenvalue weighted by Gasteiger charge is -2.39. The number of aromatic nitrogens is 3. The minimum absolute atomic E-state index is 0.0351. The molecule has 4 heterocycles. The van der Waals surface area contributed by atoms with Crippen LogP contribution < -0.4 is 15.0 Å². The zero-order valence-corrected chi connectivity index (χ0v) is 32.0. The van der Waals surface area contributed by atoms with E-state index in [0.717, 1.165) is 6.20 Å². The van der Waals surface area contributed by atoms with Crippen LogP contribution in [0.1, 0.15) is 72.4 Å². The Kier molecular flexibility index (Phi) is 10.5. The molecule has 1 aromatic carbocycles. The van der Waals surface area contributed by atoms with Gasteiger partial charge in [0.25, 0.3) is 0 Å². The number of halogens is 2. The van der Waals surface area contributed by atoms with Crippen LogP contribution in [0.3, 0.4) is 0 Å². The molecule has 0 aliphatic carbocycles. The van der Waals surface area contributed by atoms with E-state index < -0.39 is 31.2 Å². The summed E-state index contributed by atoms with van der Waals surface area (Å²) < 4.78 is 39.7. The van der Waals surface area contributed by atoms with Gasteiger partial charge in [0.2, 0.25) is 11.8 Å². The molecule has 1 unspecified atom stereocenters. The van der Waals surface area contributed by atoms with Gasteiger partial charge in [0, 0.05) is 43.2 Å². The molecule has 1 saturated heterocycles. The molecule has 50 heavy (non-hydrogen) atoms. The van der Waals surface area contributed by atoms with Gasteiger partial charge in [-0.2, -0.15) is 5.26 Å². The van der Waals surface area contributed by atoms with Crippen molar-refractivity contribution in [1.29, 1.82) is 5.26 Å². The number of rotatable bonds is 8. The van der Waals surface area contributed by atoms with Gasteiger partial charge >= 0.3 is 6.09 Å². The van der Waals surface area contributed by atoms with Crippen LogP contribution in [-0.2, 0) is 19.3 Å². The summed E-state index contributed by atoms with van der Waals surface area (Å²) in [5.74, 6) is -0.316. The highest BCUT2D eigenvalue weighted by atomic mass is 35.5. The van der Waals surface area contributed by atoms with Gasteiger partial charge in [-0.1, -0.05) is 39.3 Å². The Balaban J connectivity index is 1.56. The first kappa shape index (κ1) is 37.4. The molecule has 14 heteroatoms. The van der Waals surface area contributed by atoms with Gasteiger partial charge in [-0.25, -0.2) is 24.1 Å². The standard InChI is InChI=1S/C36H46ClFN6O5Si/c1-34(2,3)49-33(45)44-20-36(7,21-47-50(8,9)35(4,5)6)26-15-22(14-23(17-39)30(26)44)29-27(38)19-41-32(43-29)42-28-16-24(37)18-40-31(28)48-25-10-12-46-13-11-25/h14-16,18-19,25H,10-13,20-21H2,1-9H3,(H,41,42,43). The van der Waals surface area contributed by atoms with Crippen molar-refractivity contribution in [3.05, 3.63) is 52.6 Å². The van der Waals surface area contributed by atoms with E-state index >= 15 is 4.39 Å². The zero-order chi connectivity index (χ0) is 36.6. The summed E-state index contributed by atoms with van der Waals surface area (Å²) in [6.07, 6.45) is 3.31. The number of carbonyl (C=O) groups is 1. The summed E-state index contributed by atoms with van der Waals surface area (Å²) >= 11 is 6.29. The molecule has 5 rings (SSSR count). The zero-order valence-electron chi connectivity index (χ0n) is 30.2. The van der Waals surface area contributed by atoms with E-state index in [-0.39, 0.29) is 41.5 Å². The highest BCUT2D eigenvalue weighted by molar-refractivity contribution is 6.74. The highest BCUT2D eigenvalue weighted by Gasteiger charge is 2.47. The summed E-state index contributed by atoms with van der Waals surface area (Å²) in [5, 5.41) is 13.8. The molecule has 1 amide bonds. The third-order valence-corrected chi connectivity index (χ3v) is 14.0. The Morgan fingerprint density at radius 3 is 2.50 bits per heavy atom. The van der Waals surface area contributed by atoms with Gasteiger partial charge in [0.1, 0.15) is 29.2 Å². The smallest absolute Gasteiger partial charge is 0.414 e. The maximum Gasteiger partial charge on any atom is 0.414 e. The Morgan fingerprint density at radius 2 is 1.86 bits per heavy atom. The van der Waals surface area contributed by atoms with E-state index in [9.17, 15) is 10.1 Å². The molecular weight excluding hydrogens is 679 g/mol. The predicted molar refractivity (Wildman–Crippen MR) is 193 cm³/mol. The molecular formula is C36H46ClFN6O5Si. The molecule has 1 fully saturated rings. The Bertz CT molecular complexity index is 1800. The predicted octanol–water partition coefficient (Wildman–Crippen LogP) is 8.54. The normalized spacial score (nSPS) is 18.4. The lowest BCUT2D eigenvalue weighted by Crippen LogP contribution is -2.46. The minimum Gasteiger partial charge on any atom is -0.473 e. The summed E-state index contributed by atoms with van der Waals surface area (Å²) in [6, 6.07) is 7.19. The quantitative estimate of drug-likeness (QED) is 0.226. The monoisotopic (exact) mass is 724 g/mol. The number of benzene rings is 1. The molecule has 2 aliphatic heterocycles. The largest absolute Gasteiger partial charge is 0.473 e. The van der Waals surface area contributed by atoms with Gasteiger partial charge in [-0.3, -0.25) is 4.90 Å². The van der Waals surface area contributed by atoms with Crippen molar-refractivity contribution in [3.8, 4) is 23.2 Å². The van der Waals surface area contributed by atoms with Crippen LogP contribution in [0.25, 0.3) is 11.3 Å². The summed E-state index contributed by atoms with van der Waals surface area (Å²) in [7, 11) is -2.22. The number of nitriles is 1. The first-order chi connectivity index (χ1) is 23.3. The third-order valence-electron chi connectivity index (χ3n) is 9.36. The molecule has 2 aliphatic rings. The van der Waals surface area contributed by atoms with Crippen molar-refractivity contribution in [1.82, 2.24) is 15.0 Å². The Labute approximate surface area is 299 Å². The molecule has 1 atom stereocenters. The second kappa shape index (κ2) is 14.1. The van der Waals surface area contributed by atoms with Crippen LogP contribution in [0.15, 0.2) is 30.6 Å². The van der Waals surface area contributed by atoms with E-state index in [0.29, 0.717) is 59.5 Å². The molecule has 11 nitrogen and oxygen atoms in total. The maximum absolute atomic E-state index is 15.6. The lowest BCUT2D eigenvalue weighted by molar-refractivity contribution is 0.0240. The second-order valence-corrected chi connectivity index (χ2v) is 20.9. The van der Waals surface area contributed by atoms with Gasteiger partial charge in [0.05, 0.1) is 35.7 Å². The first-order valence-electron chi connectivity index (χ1n) is 16.7. The van der Waals surface area contributed by atoms with E-state index in [1.54, 1.807) is 32.9 Å². The molecule has 0 saturated carbocycles. The molecule has 0 radical (unpaired) electrons. The molecule has 1 N–H and O–H groups in total. The number of fused-ring (bicyclic) bond motifs is 1. The number of nitrogens with one attached hydrogen (secondary N) is 1. The minimum atomic E-state index is -2.22. The summed E-state index contributed by atoms with van der Waals surface area (Å²) in [6.45, 7) is 19.8. The van der Waals surface area contributed by atoms with E-state index in [1.165, 1.54) is 17.2 Å². The third kappa shape index (κ3) is 8.20. The van der Waals surface area contributed by atoms with Crippen LogP contribution >= 0.6 is 11.6 Å². The number of ether oxygens (including phenoxy) is 3. The maximum atomic E-state index is 15.6.